The van der Waals surface area contributed by atoms with Crippen molar-refractivity contribution in [2.75, 3.05) is 38.7 Å². The molecule has 0 saturated carbocycles. The molecule has 1 aliphatic heterocycles. The first-order valence-corrected chi connectivity index (χ1v) is 6.04. The van der Waals surface area contributed by atoms with Gasteiger partial charge in [-0.05, 0) is 25.5 Å². The van der Waals surface area contributed by atoms with E-state index in [4.69, 9.17) is 5.26 Å². The summed E-state index contributed by atoms with van der Waals surface area (Å²) in [5.74, 6) is 0. The van der Waals surface area contributed by atoms with Crippen LogP contribution in [0.2, 0.25) is 0 Å². The highest BCUT2D eigenvalue weighted by molar-refractivity contribution is 7.10. The van der Waals surface area contributed by atoms with Crippen LogP contribution in [0.4, 0.5) is 5.00 Å². The minimum atomic E-state index is 0.670. The second-order valence-electron chi connectivity index (χ2n) is 3.99. The van der Waals surface area contributed by atoms with Crippen molar-refractivity contribution in [3.8, 4) is 6.07 Å². The van der Waals surface area contributed by atoms with Gasteiger partial charge in [-0.1, -0.05) is 0 Å². The zero-order chi connectivity index (χ0) is 11.5. The summed E-state index contributed by atoms with van der Waals surface area (Å²) < 4.78 is 4.19. The van der Waals surface area contributed by atoms with E-state index in [0.717, 1.165) is 36.9 Å². The molecule has 0 atom stereocenters. The highest BCUT2D eigenvalue weighted by Crippen LogP contribution is 2.24. The molecule has 0 bridgehead atoms. The van der Waals surface area contributed by atoms with Gasteiger partial charge in [0.1, 0.15) is 16.6 Å². The van der Waals surface area contributed by atoms with Crippen molar-refractivity contribution < 1.29 is 0 Å². The Hall–Kier alpha value is -1.16. The molecule has 5 nitrogen and oxygen atoms in total. The normalized spacial score (nSPS) is 18.3. The lowest BCUT2D eigenvalue weighted by Crippen LogP contribution is -2.46. The van der Waals surface area contributed by atoms with Crippen LogP contribution in [-0.4, -0.2) is 47.5 Å². The number of nitrogens with zero attached hydrogens (tertiary/aromatic N) is 4. The van der Waals surface area contributed by atoms with Crippen LogP contribution in [0, 0.1) is 18.3 Å². The van der Waals surface area contributed by atoms with Crippen molar-refractivity contribution in [1.82, 2.24) is 14.3 Å². The third kappa shape index (κ3) is 2.32. The van der Waals surface area contributed by atoms with Gasteiger partial charge in [0.2, 0.25) is 0 Å². The largest absolute Gasteiger partial charge is 0.308 e. The molecular formula is C10H15N5S. The van der Waals surface area contributed by atoms with Gasteiger partial charge in [0.25, 0.3) is 0 Å². The molecule has 1 fully saturated rings. The first-order valence-electron chi connectivity index (χ1n) is 5.27. The van der Waals surface area contributed by atoms with E-state index in [2.05, 4.69) is 32.8 Å². The number of hydrogen-bond donors (Lipinski definition) is 1. The minimum absolute atomic E-state index is 0.670. The monoisotopic (exact) mass is 237 g/mol. The smallest absolute Gasteiger partial charge is 0.142 e. The van der Waals surface area contributed by atoms with E-state index in [9.17, 15) is 0 Å². The lowest BCUT2D eigenvalue weighted by molar-refractivity contribution is 0.179. The third-order valence-electron chi connectivity index (χ3n) is 2.74. The number of likely N-dealkylation sites (N-methyl/N-ethyl adjacent to an activating group) is 1. The predicted octanol–water partition coefficient (Wildman–Crippen LogP) is 0.897. The highest BCUT2D eigenvalue weighted by Gasteiger charge is 2.17. The number of nitriles is 1. The molecule has 1 N–H and O–H groups in total. The first-order chi connectivity index (χ1) is 7.70. The predicted molar refractivity (Wildman–Crippen MR) is 64.3 cm³/mol. The van der Waals surface area contributed by atoms with Crippen LogP contribution in [0.3, 0.4) is 0 Å². The third-order valence-corrected chi connectivity index (χ3v) is 3.58. The maximum atomic E-state index is 9.01. The number of nitrogens with one attached hydrogen (secondary N) is 1. The van der Waals surface area contributed by atoms with E-state index in [-0.39, 0.29) is 0 Å². The maximum absolute atomic E-state index is 9.01. The Morgan fingerprint density at radius 3 is 2.69 bits per heavy atom. The van der Waals surface area contributed by atoms with E-state index in [1.165, 1.54) is 11.5 Å². The number of aromatic nitrogens is 1. The van der Waals surface area contributed by atoms with Gasteiger partial charge in [-0.15, -0.1) is 0 Å². The van der Waals surface area contributed by atoms with Crippen molar-refractivity contribution in [3.05, 3.63) is 11.3 Å². The number of hydrogen-bond acceptors (Lipinski definition) is 6. The summed E-state index contributed by atoms with van der Waals surface area (Å²) in [5.41, 5.74) is 4.76. The van der Waals surface area contributed by atoms with E-state index >= 15 is 0 Å². The molecule has 1 aromatic rings. The molecule has 1 saturated heterocycles. The van der Waals surface area contributed by atoms with Gasteiger partial charge in [-0.2, -0.15) is 9.64 Å². The highest BCUT2D eigenvalue weighted by atomic mass is 32.1. The average molecular weight is 237 g/mol. The Kier molecular flexibility index (Phi) is 3.39. The summed E-state index contributed by atoms with van der Waals surface area (Å²) in [6.07, 6.45) is 0. The van der Waals surface area contributed by atoms with Crippen LogP contribution in [0.5, 0.6) is 0 Å². The molecular weight excluding hydrogens is 222 g/mol. The van der Waals surface area contributed by atoms with E-state index < -0.39 is 0 Å². The first kappa shape index (κ1) is 11.3. The molecule has 1 aliphatic rings. The van der Waals surface area contributed by atoms with Gasteiger partial charge in [0.15, 0.2) is 0 Å². The second kappa shape index (κ2) is 4.78. The van der Waals surface area contributed by atoms with Gasteiger partial charge in [-0.3, -0.25) is 0 Å². The summed E-state index contributed by atoms with van der Waals surface area (Å²) in [6, 6.07) is 2.19. The summed E-state index contributed by atoms with van der Waals surface area (Å²) >= 11 is 1.36. The number of rotatable bonds is 2. The number of aryl methyl sites for hydroxylation is 1. The molecule has 0 amide bonds. The van der Waals surface area contributed by atoms with Crippen molar-refractivity contribution in [3.63, 3.8) is 0 Å². The summed E-state index contributed by atoms with van der Waals surface area (Å²) in [5, 5.41) is 12.0. The van der Waals surface area contributed by atoms with Crippen LogP contribution in [0.1, 0.15) is 11.3 Å². The van der Waals surface area contributed by atoms with E-state index in [1.807, 2.05) is 6.92 Å². The quantitative estimate of drug-likeness (QED) is 0.828. The summed E-state index contributed by atoms with van der Waals surface area (Å²) in [6.45, 7) is 5.90. The Labute approximate surface area is 99.4 Å². The molecule has 2 heterocycles. The minimum Gasteiger partial charge on any atom is -0.308 e. The molecule has 86 valence electrons. The SMILES string of the molecule is Cc1nsc(NN2CCN(C)CC2)c1C#N. The average Bonchev–Trinajstić information content (AvgIpc) is 2.63. The maximum Gasteiger partial charge on any atom is 0.142 e. The number of anilines is 1. The lowest BCUT2D eigenvalue weighted by atomic mass is 10.3. The van der Waals surface area contributed by atoms with Gasteiger partial charge in [0.05, 0.1) is 5.69 Å². The molecule has 6 heteroatoms. The van der Waals surface area contributed by atoms with Gasteiger partial charge in [-0.25, -0.2) is 5.01 Å². The summed E-state index contributed by atoms with van der Waals surface area (Å²) in [4.78, 5) is 2.29. The van der Waals surface area contributed by atoms with Crippen LogP contribution >= 0.6 is 11.5 Å². The number of hydrazine groups is 1. The van der Waals surface area contributed by atoms with Crippen molar-refractivity contribution in [1.29, 1.82) is 5.26 Å². The molecule has 0 spiro atoms. The Bertz CT molecular complexity index is 400. The lowest BCUT2D eigenvalue weighted by Gasteiger charge is -2.32. The Morgan fingerprint density at radius 1 is 1.38 bits per heavy atom. The summed E-state index contributed by atoms with van der Waals surface area (Å²) in [7, 11) is 2.12. The van der Waals surface area contributed by atoms with Crippen LogP contribution in [0.15, 0.2) is 0 Å². The van der Waals surface area contributed by atoms with Gasteiger partial charge >= 0.3 is 0 Å². The van der Waals surface area contributed by atoms with Crippen LogP contribution < -0.4 is 5.43 Å². The molecule has 16 heavy (non-hydrogen) atoms. The fourth-order valence-electron chi connectivity index (χ4n) is 1.64. The van der Waals surface area contributed by atoms with Crippen LogP contribution in [-0.2, 0) is 0 Å². The fraction of sp³-hybridized carbons (Fsp3) is 0.600. The van der Waals surface area contributed by atoms with Crippen molar-refractivity contribution >= 4 is 16.5 Å². The molecule has 2 rings (SSSR count). The molecule has 1 aromatic heterocycles. The van der Waals surface area contributed by atoms with Gasteiger partial charge < -0.3 is 10.3 Å². The fourth-order valence-corrected chi connectivity index (χ4v) is 2.41. The van der Waals surface area contributed by atoms with E-state index in [0.29, 0.717) is 5.56 Å². The zero-order valence-electron chi connectivity index (χ0n) is 9.53. The van der Waals surface area contributed by atoms with Crippen molar-refractivity contribution in [2.45, 2.75) is 6.92 Å². The Morgan fingerprint density at radius 2 is 2.06 bits per heavy atom. The second-order valence-corrected chi connectivity index (χ2v) is 4.76. The van der Waals surface area contributed by atoms with E-state index in [1.54, 1.807) is 0 Å². The zero-order valence-corrected chi connectivity index (χ0v) is 10.3. The Balaban J connectivity index is 2.02. The molecule has 0 radical (unpaired) electrons. The molecule has 0 unspecified atom stereocenters. The number of piperazine rings is 1. The van der Waals surface area contributed by atoms with Crippen molar-refractivity contribution in [2.24, 2.45) is 0 Å². The molecule has 0 aliphatic carbocycles. The standard InChI is InChI=1S/C10H15N5S/c1-8-9(7-11)10(16-13-8)12-15-5-3-14(2)4-6-15/h12H,3-6H2,1-2H3. The van der Waals surface area contributed by atoms with Gasteiger partial charge in [0, 0.05) is 26.2 Å². The van der Waals surface area contributed by atoms with Crippen LogP contribution in [0.25, 0.3) is 0 Å². The topological polar surface area (TPSA) is 55.2 Å². The molecule has 0 aromatic carbocycles.